The van der Waals surface area contributed by atoms with Gasteiger partial charge in [0, 0.05) is 13.8 Å². The molecule has 1 aliphatic heterocycles. The molecule has 4 aromatic rings. The number of carbonyl (C=O) groups excluding carboxylic acids is 2. The number of rotatable bonds is 9. The van der Waals surface area contributed by atoms with Crippen LogP contribution in [0.3, 0.4) is 0 Å². The van der Waals surface area contributed by atoms with Gasteiger partial charge in [0.05, 0.1) is 6.61 Å². The van der Waals surface area contributed by atoms with E-state index in [9.17, 15) is 14.7 Å². The topological polar surface area (TPSA) is 82.1 Å². The van der Waals surface area contributed by atoms with Crippen molar-refractivity contribution in [1.82, 2.24) is 0 Å². The highest BCUT2D eigenvalue weighted by Crippen LogP contribution is 2.70. The van der Waals surface area contributed by atoms with Gasteiger partial charge in [0.25, 0.3) is 11.7 Å². The van der Waals surface area contributed by atoms with Crippen molar-refractivity contribution in [3.63, 3.8) is 0 Å². The molecule has 1 aliphatic rings. The summed E-state index contributed by atoms with van der Waals surface area (Å²) in [6.45, 7) is 4.86. The molecule has 0 aromatic heterocycles. The van der Waals surface area contributed by atoms with Crippen LogP contribution >= 0.6 is 7.26 Å². The maximum atomic E-state index is 14.2. The van der Waals surface area contributed by atoms with Crippen molar-refractivity contribution in [2.75, 3.05) is 6.61 Å². The first kappa shape index (κ1) is 29.1. The Morgan fingerprint density at radius 2 is 1.19 bits per heavy atom. The van der Waals surface area contributed by atoms with Crippen LogP contribution in [0, 0.1) is 5.92 Å². The summed E-state index contributed by atoms with van der Waals surface area (Å²) in [6.07, 6.45) is 0. The number of cyclic esters (lactones) is 1. The molecule has 0 spiro atoms. The Hall–Kier alpha value is -4.41. The molecule has 2 unspecified atom stereocenters. The highest BCUT2D eigenvalue weighted by atomic mass is 31.2. The van der Waals surface area contributed by atoms with Crippen LogP contribution in [0.2, 0.25) is 0 Å². The van der Waals surface area contributed by atoms with E-state index < -0.39 is 42.5 Å². The molecule has 5 rings (SSSR count). The molecule has 1 heterocycles. The van der Waals surface area contributed by atoms with Gasteiger partial charge in [-0.05, 0) is 48.9 Å². The van der Waals surface area contributed by atoms with Crippen LogP contribution in [0.4, 0.5) is 0 Å². The molecular weight excluding hydrogens is 547 g/mol. The summed E-state index contributed by atoms with van der Waals surface area (Å²) in [4.78, 5) is 28.0. The number of hydrogen-bond acceptors (Lipinski definition) is 6. The van der Waals surface area contributed by atoms with Gasteiger partial charge in [0.15, 0.2) is 0 Å². The summed E-state index contributed by atoms with van der Waals surface area (Å²) in [6, 6.07) is 39.8. The van der Waals surface area contributed by atoms with E-state index in [-0.39, 0.29) is 12.2 Å². The zero-order chi connectivity index (χ0) is 29.7. The summed E-state index contributed by atoms with van der Waals surface area (Å²) in [5.74, 6) is -4.79. The van der Waals surface area contributed by atoms with Gasteiger partial charge < -0.3 is 19.3 Å². The van der Waals surface area contributed by atoms with Gasteiger partial charge in [-0.15, -0.1) is 0 Å². The number of esters is 2. The van der Waals surface area contributed by atoms with E-state index in [1.54, 1.807) is 6.92 Å². The normalized spacial score (nSPS) is 16.1. The Morgan fingerprint density at radius 3 is 1.60 bits per heavy atom. The summed E-state index contributed by atoms with van der Waals surface area (Å²) in [7, 11) is -2.88. The van der Waals surface area contributed by atoms with Gasteiger partial charge in [-0.3, -0.25) is 4.79 Å². The first-order chi connectivity index (χ1) is 20.3. The third-order valence-electron chi connectivity index (χ3n) is 7.35. The zero-order valence-electron chi connectivity index (χ0n) is 23.8. The molecule has 0 radical (unpaired) electrons. The largest absolute Gasteiger partial charge is 0.480 e. The van der Waals surface area contributed by atoms with Crippen molar-refractivity contribution in [3.8, 4) is 0 Å². The lowest BCUT2D eigenvalue weighted by Crippen LogP contribution is -2.45. The second-order valence-electron chi connectivity index (χ2n) is 10.4. The van der Waals surface area contributed by atoms with Crippen molar-refractivity contribution in [3.05, 3.63) is 138 Å². The number of aliphatic hydroxyl groups excluding tert-OH is 1. The van der Waals surface area contributed by atoms with Crippen LogP contribution in [-0.2, 0) is 23.8 Å². The average Bonchev–Trinajstić information content (AvgIpc) is 2.99. The van der Waals surface area contributed by atoms with Crippen LogP contribution in [0.1, 0.15) is 32.0 Å². The summed E-state index contributed by atoms with van der Waals surface area (Å²) >= 11 is 0. The van der Waals surface area contributed by atoms with E-state index >= 15 is 0 Å². The molecule has 214 valence electrons. The molecule has 2 atom stereocenters. The van der Waals surface area contributed by atoms with Crippen molar-refractivity contribution < 1.29 is 28.9 Å². The van der Waals surface area contributed by atoms with Crippen molar-refractivity contribution in [1.29, 1.82) is 0 Å². The van der Waals surface area contributed by atoms with E-state index in [1.165, 1.54) is 13.8 Å². The van der Waals surface area contributed by atoms with Crippen molar-refractivity contribution >= 4 is 35.1 Å². The molecule has 42 heavy (non-hydrogen) atoms. The van der Waals surface area contributed by atoms with E-state index in [0.29, 0.717) is 0 Å². The number of aliphatic hydroxyl groups is 1. The van der Waals surface area contributed by atoms with Gasteiger partial charge in [-0.1, -0.05) is 84.9 Å². The monoisotopic (exact) mass is 581 g/mol. The van der Waals surface area contributed by atoms with Crippen LogP contribution < -0.4 is 15.9 Å². The van der Waals surface area contributed by atoms with Crippen LogP contribution in [0.5, 0.6) is 0 Å². The van der Waals surface area contributed by atoms with Crippen molar-refractivity contribution in [2.24, 2.45) is 5.92 Å². The summed E-state index contributed by atoms with van der Waals surface area (Å²) < 4.78 is 17.0. The van der Waals surface area contributed by atoms with Crippen LogP contribution in [0.15, 0.2) is 133 Å². The molecule has 7 heteroatoms. The second-order valence-corrected chi connectivity index (χ2v) is 14.0. The fraction of sp³-hybridized carbons (Fsp3) is 0.200. The first-order valence-electron chi connectivity index (χ1n) is 13.9. The molecule has 0 aliphatic carbocycles. The Bertz CT molecular complexity index is 1460. The van der Waals surface area contributed by atoms with Gasteiger partial charge >= 0.3 is 11.9 Å². The van der Waals surface area contributed by atoms with Crippen LogP contribution in [-0.4, -0.2) is 29.4 Å². The van der Waals surface area contributed by atoms with E-state index in [0.717, 1.165) is 21.5 Å². The Balaban J connectivity index is 1.96. The van der Waals surface area contributed by atoms with Gasteiger partial charge in [-0.25, -0.2) is 4.79 Å². The molecule has 1 N–H and O–H groups in total. The zero-order valence-corrected chi connectivity index (χ0v) is 24.7. The molecule has 0 saturated carbocycles. The quantitative estimate of drug-likeness (QED) is 0.194. The Kier molecular flexibility index (Phi) is 8.46. The lowest BCUT2D eigenvalue weighted by Gasteiger charge is -2.40. The molecule has 4 aromatic carbocycles. The minimum atomic E-state index is -2.88. The van der Waals surface area contributed by atoms with Crippen LogP contribution in [0.25, 0.3) is 0 Å². The van der Waals surface area contributed by atoms with Gasteiger partial charge in [0.1, 0.15) is 40.3 Å². The third kappa shape index (κ3) is 5.43. The third-order valence-corrected chi connectivity index (χ3v) is 12.1. The minimum Gasteiger partial charge on any atom is -0.480 e. The molecule has 0 bridgehead atoms. The number of ether oxygens (including phenoxy) is 3. The lowest BCUT2D eigenvalue weighted by molar-refractivity contribution is -0.223. The summed E-state index contributed by atoms with van der Waals surface area (Å²) in [5.41, 5.74) is -0.147. The Morgan fingerprint density at radius 1 is 0.762 bits per heavy atom. The second kappa shape index (κ2) is 12.2. The predicted molar refractivity (Wildman–Crippen MR) is 165 cm³/mol. The average molecular weight is 582 g/mol. The summed E-state index contributed by atoms with van der Waals surface area (Å²) in [5, 5.41) is 14.3. The molecule has 0 saturated heterocycles. The molecule has 0 amide bonds. The predicted octanol–water partition coefficient (Wildman–Crippen LogP) is 5.98. The minimum absolute atomic E-state index is 0.0831. The number of hydrogen-bond donors (Lipinski definition) is 1. The maximum Gasteiger partial charge on any atom is 0.345 e. The SMILES string of the molecule is CCOC(=O)C(C1=C(O)OC(C)(C)OC1=O)C(c1ccccc1)[P+](c1ccccc1)(c1ccccc1)c1ccccc1. The van der Waals surface area contributed by atoms with E-state index in [4.69, 9.17) is 14.2 Å². The highest BCUT2D eigenvalue weighted by Gasteiger charge is 2.61. The smallest absolute Gasteiger partial charge is 0.345 e. The molecule has 0 fully saturated rings. The lowest BCUT2D eigenvalue weighted by atomic mass is 9.90. The number of benzene rings is 4. The maximum absolute atomic E-state index is 14.2. The van der Waals surface area contributed by atoms with E-state index in [1.807, 2.05) is 84.9 Å². The fourth-order valence-corrected chi connectivity index (χ4v) is 10.9. The molecular formula is C35H34O6P+. The first-order valence-corrected chi connectivity index (χ1v) is 15.8. The van der Waals surface area contributed by atoms with E-state index in [2.05, 4.69) is 36.4 Å². The van der Waals surface area contributed by atoms with Crippen molar-refractivity contribution in [2.45, 2.75) is 32.2 Å². The number of carbonyl (C=O) groups is 2. The molecule has 6 nitrogen and oxygen atoms in total. The Labute approximate surface area is 246 Å². The highest BCUT2D eigenvalue weighted by molar-refractivity contribution is 7.96. The van der Waals surface area contributed by atoms with Gasteiger partial charge in [0.2, 0.25) is 0 Å². The van der Waals surface area contributed by atoms with Gasteiger partial charge in [-0.2, -0.15) is 0 Å². The standard InChI is InChI=1S/C35H33O6P/c1-4-39-32(36)29(30-33(37)40-35(2,3)41-34(30)38)31(25-17-9-5-10-18-25)42(26-19-11-6-12-20-26,27-21-13-7-14-22-27)28-23-15-8-16-24-28/h5-24,29,31H,4H2,1-3H3/p+1. The fourth-order valence-electron chi connectivity index (χ4n) is 5.78.